The molecule has 0 radical (unpaired) electrons. The molecule has 19 heavy (non-hydrogen) atoms. The third kappa shape index (κ3) is 2.23. The molecule has 2 aliphatic rings. The SMILES string of the molecule is O=C(O)N1CC2CN(c3cc(F)ccc3Cl)CC2C1. The van der Waals surface area contributed by atoms with E-state index in [0.717, 1.165) is 13.1 Å². The van der Waals surface area contributed by atoms with Crippen LogP contribution in [0.4, 0.5) is 14.9 Å². The van der Waals surface area contributed by atoms with Gasteiger partial charge in [-0.25, -0.2) is 9.18 Å². The summed E-state index contributed by atoms with van der Waals surface area (Å²) in [6.45, 7) is 2.59. The lowest BCUT2D eigenvalue weighted by Crippen LogP contribution is -2.32. The van der Waals surface area contributed by atoms with E-state index in [2.05, 4.69) is 4.90 Å². The number of fused-ring (bicyclic) bond motifs is 1. The molecule has 2 aliphatic heterocycles. The highest BCUT2D eigenvalue weighted by atomic mass is 35.5. The molecule has 6 heteroatoms. The molecule has 2 atom stereocenters. The molecule has 0 aliphatic carbocycles. The summed E-state index contributed by atoms with van der Waals surface area (Å²) in [7, 11) is 0. The van der Waals surface area contributed by atoms with E-state index in [0.29, 0.717) is 35.6 Å². The Morgan fingerprint density at radius 2 is 1.89 bits per heavy atom. The van der Waals surface area contributed by atoms with Crippen molar-refractivity contribution in [1.29, 1.82) is 0 Å². The summed E-state index contributed by atoms with van der Waals surface area (Å²) in [6, 6.07) is 4.34. The summed E-state index contributed by atoms with van der Waals surface area (Å²) in [6.07, 6.45) is -0.857. The average molecular weight is 285 g/mol. The van der Waals surface area contributed by atoms with Crippen LogP contribution < -0.4 is 4.90 Å². The number of benzene rings is 1. The number of hydrogen-bond acceptors (Lipinski definition) is 2. The summed E-state index contributed by atoms with van der Waals surface area (Å²) in [5, 5.41) is 9.51. The van der Waals surface area contributed by atoms with Crippen LogP contribution in [0.25, 0.3) is 0 Å². The second kappa shape index (κ2) is 4.56. The number of hydrogen-bond donors (Lipinski definition) is 1. The van der Waals surface area contributed by atoms with Gasteiger partial charge >= 0.3 is 6.09 Å². The van der Waals surface area contributed by atoms with Gasteiger partial charge in [0.15, 0.2) is 0 Å². The molecule has 1 amide bonds. The van der Waals surface area contributed by atoms with Crippen LogP contribution in [0.1, 0.15) is 0 Å². The third-order valence-electron chi connectivity index (χ3n) is 4.01. The number of carbonyl (C=O) groups is 1. The monoisotopic (exact) mass is 284 g/mol. The van der Waals surface area contributed by atoms with Crippen molar-refractivity contribution in [2.24, 2.45) is 11.8 Å². The van der Waals surface area contributed by atoms with Crippen molar-refractivity contribution < 1.29 is 14.3 Å². The molecule has 0 spiro atoms. The normalized spacial score (nSPS) is 25.8. The van der Waals surface area contributed by atoms with Gasteiger partial charge in [-0.15, -0.1) is 0 Å². The first-order valence-corrected chi connectivity index (χ1v) is 6.60. The number of rotatable bonds is 1. The zero-order valence-corrected chi connectivity index (χ0v) is 11.0. The van der Waals surface area contributed by atoms with E-state index in [-0.39, 0.29) is 5.82 Å². The largest absolute Gasteiger partial charge is 0.465 e. The average Bonchev–Trinajstić information content (AvgIpc) is 2.89. The van der Waals surface area contributed by atoms with Gasteiger partial charge in [0.1, 0.15) is 5.82 Å². The van der Waals surface area contributed by atoms with Gasteiger partial charge in [0.05, 0.1) is 10.7 Å². The third-order valence-corrected chi connectivity index (χ3v) is 4.33. The Morgan fingerprint density at radius 1 is 1.26 bits per heavy atom. The van der Waals surface area contributed by atoms with Crippen LogP contribution in [0, 0.1) is 17.7 Å². The molecule has 1 aromatic carbocycles. The highest BCUT2D eigenvalue weighted by Gasteiger charge is 2.42. The van der Waals surface area contributed by atoms with Crippen LogP contribution in [0.2, 0.25) is 5.02 Å². The molecule has 2 fully saturated rings. The molecule has 1 aromatic rings. The fourth-order valence-electron chi connectivity index (χ4n) is 3.07. The van der Waals surface area contributed by atoms with Gasteiger partial charge in [-0.1, -0.05) is 11.6 Å². The molecular weight excluding hydrogens is 271 g/mol. The van der Waals surface area contributed by atoms with Crippen molar-refractivity contribution in [3.05, 3.63) is 29.0 Å². The quantitative estimate of drug-likeness (QED) is 0.862. The predicted molar refractivity (Wildman–Crippen MR) is 70.2 cm³/mol. The van der Waals surface area contributed by atoms with Crippen LogP contribution >= 0.6 is 11.6 Å². The molecule has 0 bridgehead atoms. The van der Waals surface area contributed by atoms with Crippen LogP contribution in [-0.4, -0.2) is 42.3 Å². The van der Waals surface area contributed by atoms with E-state index in [9.17, 15) is 9.18 Å². The Bertz CT molecular complexity index is 511. The highest BCUT2D eigenvalue weighted by molar-refractivity contribution is 6.33. The van der Waals surface area contributed by atoms with Gasteiger partial charge in [0.2, 0.25) is 0 Å². The van der Waals surface area contributed by atoms with E-state index in [1.165, 1.54) is 17.0 Å². The number of likely N-dealkylation sites (tertiary alicyclic amines) is 1. The number of nitrogens with zero attached hydrogens (tertiary/aromatic N) is 2. The van der Waals surface area contributed by atoms with Crippen molar-refractivity contribution in [3.8, 4) is 0 Å². The molecule has 0 aromatic heterocycles. The number of halogens is 2. The predicted octanol–water partition coefficient (Wildman–Crippen LogP) is 2.53. The van der Waals surface area contributed by atoms with Crippen LogP contribution in [-0.2, 0) is 0 Å². The van der Waals surface area contributed by atoms with Crippen LogP contribution in [0.15, 0.2) is 18.2 Å². The van der Waals surface area contributed by atoms with Gasteiger partial charge < -0.3 is 14.9 Å². The summed E-state index contributed by atoms with van der Waals surface area (Å²) >= 11 is 6.10. The van der Waals surface area contributed by atoms with E-state index < -0.39 is 6.09 Å². The zero-order chi connectivity index (χ0) is 13.6. The zero-order valence-electron chi connectivity index (χ0n) is 10.2. The molecule has 1 N–H and O–H groups in total. The standard InChI is InChI=1S/C13H14ClFN2O2/c14-11-2-1-10(15)3-12(11)16-4-8-6-17(13(18)19)7-9(8)5-16/h1-3,8-9H,4-7H2,(H,18,19). The lowest BCUT2D eigenvalue weighted by molar-refractivity contribution is 0.153. The molecule has 0 saturated carbocycles. The Balaban J connectivity index is 1.75. The number of amides is 1. The Hall–Kier alpha value is -1.49. The van der Waals surface area contributed by atoms with E-state index in [4.69, 9.17) is 16.7 Å². The molecule has 3 rings (SSSR count). The fraction of sp³-hybridized carbons (Fsp3) is 0.462. The molecular formula is C13H14ClFN2O2. The van der Waals surface area contributed by atoms with Gasteiger partial charge in [-0.2, -0.15) is 0 Å². The minimum absolute atomic E-state index is 0.302. The van der Waals surface area contributed by atoms with Gasteiger partial charge in [0, 0.05) is 38.0 Å². The Kier molecular flexibility index (Phi) is 3.01. The Labute approximate surface area is 115 Å². The Morgan fingerprint density at radius 3 is 2.47 bits per heavy atom. The summed E-state index contributed by atoms with van der Waals surface area (Å²) in [5.41, 5.74) is 0.706. The van der Waals surface area contributed by atoms with Gasteiger partial charge in [0.25, 0.3) is 0 Å². The molecule has 4 nitrogen and oxygen atoms in total. The summed E-state index contributed by atoms with van der Waals surface area (Å²) < 4.78 is 13.3. The topological polar surface area (TPSA) is 43.8 Å². The lowest BCUT2D eigenvalue weighted by Gasteiger charge is -2.22. The van der Waals surface area contributed by atoms with Crippen LogP contribution in [0.3, 0.4) is 0 Å². The van der Waals surface area contributed by atoms with Crippen molar-refractivity contribution in [1.82, 2.24) is 4.90 Å². The smallest absolute Gasteiger partial charge is 0.407 e. The molecule has 2 saturated heterocycles. The van der Waals surface area contributed by atoms with E-state index >= 15 is 0 Å². The molecule has 2 unspecified atom stereocenters. The van der Waals surface area contributed by atoms with Crippen LogP contribution in [0.5, 0.6) is 0 Å². The van der Waals surface area contributed by atoms with Gasteiger partial charge in [-0.05, 0) is 18.2 Å². The van der Waals surface area contributed by atoms with E-state index in [1.807, 2.05) is 0 Å². The van der Waals surface area contributed by atoms with Crippen molar-refractivity contribution in [2.45, 2.75) is 0 Å². The van der Waals surface area contributed by atoms with Crippen molar-refractivity contribution >= 4 is 23.4 Å². The number of anilines is 1. The fourth-order valence-corrected chi connectivity index (χ4v) is 3.31. The lowest BCUT2D eigenvalue weighted by atomic mass is 10.0. The maximum atomic E-state index is 13.3. The second-order valence-electron chi connectivity index (χ2n) is 5.21. The molecule has 102 valence electrons. The minimum atomic E-state index is -0.857. The van der Waals surface area contributed by atoms with E-state index in [1.54, 1.807) is 6.07 Å². The van der Waals surface area contributed by atoms with Crippen molar-refractivity contribution in [3.63, 3.8) is 0 Å². The van der Waals surface area contributed by atoms with Crippen molar-refractivity contribution in [2.75, 3.05) is 31.1 Å². The minimum Gasteiger partial charge on any atom is -0.465 e. The summed E-state index contributed by atoms with van der Waals surface area (Å²) in [4.78, 5) is 14.4. The van der Waals surface area contributed by atoms with Gasteiger partial charge in [-0.3, -0.25) is 0 Å². The first-order chi connectivity index (χ1) is 9.04. The maximum absolute atomic E-state index is 13.3. The first-order valence-electron chi connectivity index (χ1n) is 6.22. The first kappa shape index (κ1) is 12.5. The second-order valence-corrected chi connectivity index (χ2v) is 5.62. The molecule has 2 heterocycles. The highest BCUT2D eigenvalue weighted by Crippen LogP contribution is 2.36. The summed E-state index contributed by atoms with van der Waals surface area (Å²) in [5.74, 6) is 0.328. The maximum Gasteiger partial charge on any atom is 0.407 e. The number of carboxylic acid groups (broad SMARTS) is 1.